The molecule has 3 N–H and O–H groups in total. The van der Waals surface area contributed by atoms with Crippen molar-refractivity contribution in [3.05, 3.63) is 24.3 Å². The molecule has 19 heteroatoms. The number of phosphoric acid groups is 2. The zero-order valence-corrected chi connectivity index (χ0v) is 63.4. The minimum atomic E-state index is -4.96. The molecule has 0 aromatic heterocycles. The zero-order chi connectivity index (χ0) is 70.1. The van der Waals surface area contributed by atoms with Gasteiger partial charge < -0.3 is 33.8 Å². The fourth-order valence-electron chi connectivity index (χ4n) is 11.1. The Kier molecular flexibility index (Phi) is 64.4. The maximum absolute atomic E-state index is 13.1. The molecule has 3 unspecified atom stereocenters. The largest absolute Gasteiger partial charge is 0.472 e. The van der Waals surface area contributed by atoms with Crippen LogP contribution in [0.5, 0.6) is 0 Å². The van der Waals surface area contributed by atoms with E-state index in [1.165, 1.54) is 154 Å². The number of rotatable bonds is 72. The third kappa shape index (κ3) is 69.8. The average molecular weight is 1390 g/mol. The molecule has 95 heavy (non-hydrogen) atoms. The summed E-state index contributed by atoms with van der Waals surface area (Å²) in [6.07, 6.45) is 55.1. The lowest BCUT2D eigenvalue weighted by Gasteiger charge is -2.21. The molecule has 0 aromatic rings. The van der Waals surface area contributed by atoms with Crippen molar-refractivity contribution >= 4 is 39.5 Å². The second-order valence-corrected chi connectivity index (χ2v) is 31.0. The molecule has 0 aromatic carbocycles. The van der Waals surface area contributed by atoms with Crippen LogP contribution >= 0.6 is 15.6 Å². The number of carbonyl (C=O) groups is 4. The third-order valence-corrected chi connectivity index (χ3v) is 18.9. The van der Waals surface area contributed by atoms with E-state index in [0.29, 0.717) is 31.6 Å². The van der Waals surface area contributed by atoms with Crippen molar-refractivity contribution in [2.24, 2.45) is 17.8 Å². The number of allylic oxidation sites excluding steroid dienone is 4. The van der Waals surface area contributed by atoms with Crippen LogP contribution in [0.1, 0.15) is 363 Å². The monoisotopic (exact) mass is 1390 g/mol. The molecule has 0 aliphatic rings. The SMILES string of the molecule is CCCCCC/C=C\C=C/CCCCCCCC(=O)O[C@H](COC(=O)CCCCCCCCCCCC(C)C)COP(=O)(O)OCC(O)COP(=O)(O)OC[C@@H](COC(=O)CCCCCCCCC(C)C)OC(=O)CCCCCCCCCCCCCCCCCCC(C)C. The summed E-state index contributed by atoms with van der Waals surface area (Å²) in [6, 6.07) is 0. The highest BCUT2D eigenvalue weighted by Crippen LogP contribution is 2.45. The van der Waals surface area contributed by atoms with Gasteiger partial charge in [-0.1, -0.05) is 310 Å². The van der Waals surface area contributed by atoms with E-state index in [1.54, 1.807) is 0 Å². The lowest BCUT2D eigenvalue weighted by molar-refractivity contribution is -0.161. The third-order valence-electron chi connectivity index (χ3n) is 17.0. The minimum Gasteiger partial charge on any atom is -0.462 e. The topological polar surface area (TPSA) is 237 Å². The maximum Gasteiger partial charge on any atom is 0.472 e. The molecule has 0 heterocycles. The molecular formula is C76H144O17P2. The van der Waals surface area contributed by atoms with Gasteiger partial charge in [0.2, 0.25) is 0 Å². The smallest absolute Gasteiger partial charge is 0.462 e. The number of phosphoric ester groups is 2. The molecule has 0 fully saturated rings. The second kappa shape index (κ2) is 66.1. The van der Waals surface area contributed by atoms with Crippen LogP contribution in [0.3, 0.4) is 0 Å². The van der Waals surface area contributed by atoms with Crippen LogP contribution in [0.15, 0.2) is 24.3 Å². The summed E-state index contributed by atoms with van der Waals surface area (Å²) in [6.45, 7) is 11.8. The molecule has 0 aliphatic heterocycles. The maximum atomic E-state index is 13.1. The van der Waals surface area contributed by atoms with Crippen molar-refractivity contribution in [2.75, 3.05) is 39.6 Å². The van der Waals surface area contributed by atoms with Crippen molar-refractivity contribution < 1.29 is 80.2 Å². The van der Waals surface area contributed by atoms with Crippen LogP contribution in [-0.2, 0) is 65.4 Å². The molecule has 0 radical (unpaired) electrons. The number of unbranched alkanes of at least 4 members (excludes halogenated alkanes) is 37. The van der Waals surface area contributed by atoms with Gasteiger partial charge in [0.15, 0.2) is 12.2 Å². The van der Waals surface area contributed by atoms with Gasteiger partial charge >= 0.3 is 39.5 Å². The van der Waals surface area contributed by atoms with Crippen molar-refractivity contribution in [3.8, 4) is 0 Å². The fraction of sp³-hybridized carbons (Fsp3) is 0.895. The van der Waals surface area contributed by atoms with E-state index in [2.05, 4.69) is 72.8 Å². The van der Waals surface area contributed by atoms with E-state index >= 15 is 0 Å². The lowest BCUT2D eigenvalue weighted by atomic mass is 10.0. The van der Waals surface area contributed by atoms with Crippen LogP contribution in [0.2, 0.25) is 0 Å². The van der Waals surface area contributed by atoms with Crippen LogP contribution in [0, 0.1) is 17.8 Å². The first-order valence-corrected chi connectivity index (χ1v) is 41.7. The Morgan fingerprint density at radius 2 is 0.568 bits per heavy atom. The first kappa shape index (κ1) is 92.5. The normalized spacial score (nSPS) is 14.2. The molecule has 5 atom stereocenters. The molecule has 0 saturated carbocycles. The zero-order valence-electron chi connectivity index (χ0n) is 61.6. The Morgan fingerprint density at radius 3 is 0.853 bits per heavy atom. The summed E-state index contributed by atoms with van der Waals surface area (Å²) in [7, 11) is -9.92. The predicted molar refractivity (Wildman–Crippen MR) is 386 cm³/mol. The van der Waals surface area contributed by atoms with E-state index in [0.717, 1.165) is 121 Å². The summed E-state index contributed by atoms with van der Waals surface area (Å²) < 4.78 is 68.4. The number of hydrogen-bond acceptors (Lipinski definition) is 15. The van der Waals surface area contributed by atoms with E-state index < -0.39 is 97.5 Å². The molecule has 17 nitrogen and oxygen atoms in total. The molecule has 0 aliphatic carbocycles. The van der Waals surface area contributed by atoms with Gasteiger partial charge in [0, 0.05) is 25.7 Å². The van der Waals surface area contributed by atoms with Gasteiger partial charge in [-0.05, 0) is 69.1 Å². The van der Waals surface area contributed by atoms with Gasteiger partial charge in [0.05, 0.1) is 26.4 Å². The highest BCUT2D eigenvalue weighted by Gasteiger charge is 2.30. The molecule has 0 amide bonds. The van der Waals surface area contributed by atoms with E-state index in [9.17, 15) is 43.2 Å². The second-order valence-electron chi connectivity index (χ2n) is 28.1. The molecule has 0 rings (SSSR count). The van der Waals surface area contributed by atoms with E-state index in [-0.39, 0.29) is 25.7 Å². The van der Waals surface area contributed by atoms with Crippen molar-refractivity contribution in [2.45, 2.75) is 381 Å². The van der Waals surface area contributed by atoms with Crippen LogP contribution < -0.4 is 0 Å². The summed E-state index contributed by atoms with van der Waals surface area (Å²) in [5.74, 6) is 0.0753. The van der Waals surface area contributed by atoms with E-state index in [4.69, 9.17) is 37.0 Å². The van der Waals surface area contributed by atoms with Crippen molar-refractivity contribution in [3.63, 3.8) is 0 Å². The van der Waals surface area contributed by atoms with Crippen molar-refractivity contribution in [1.82, 2.24) is 0 Å². The van der Waals surface area contributed by atoms with Crippen LogP contribution in [-0.4, -0.2) is 96.7 Å². The Morgan fingerprint density at radius 1 is 0.326 bits per heavy atom. The standard InChI is InChI=1S/C76H144O17P2/c1-8-9-10-11-12-13-14-15-18-22-25-30-36-45-52-59-75(80)92-71(63-86-73(78)57-50-43-35-32-27-29-34-41-48-55-68(4)5)65-90-94(82,83)88-61-70(77)62-89-95(84,85)91-66-72(64-87-74(79)58-51-44-39-38-42-49-56-69(6)7)93-76(81)60-53-46-37-31-26-23-20-17-16-19-21-24-28-33-40-47-54-67(2)3/h13-15,18,67-72,77H,8-12,16-17,19-66H2,1-7H3,(H,82,83)(H,84,85)/b14-13-,18-15-/t70?,71-,72-/m1/s1. The van der Waals surface area contributed by atoms with Gasteiger partial charge in [0.1, 0.15) is 19.3 Å². The molecule has 0 saturated heterocycles. The minimum absolute atomic E-state index is 0.0843. The summed E-state index contributed by atoms with van der Waals surface area (Å²) in [4.78, 5) is 72.7. The molecular weight excluding hydrogens is 1250 g/mol. The van der Waals surface area contributed by atoms with Crippen molar-refractivity contribution in [1.29, 1.82) is 0 Å². The number of hydrogen-bond donors (Lipinski definition) is 3. The number of carbonyl (C=O) groups excluding carboxylic acids is 4. The van der Waals surface area contributed by atoms with Gasteiger partial charge in [-0.2, -0.15) is 0 Å². The Balaban J connectivity index is 5.24. The number of aliphatic hydroxyl groups is 1. The summed E-state index contributed by atoms with van der Waals surface area (Å²) in [5.41, 5.74) is 0. The molecule has 0 bridgehead atoms. The fourth-order valence-corrected chi connectivity index (χ4v) is 12.6. The lowest BCUT2D eigenvalue weighted by Crippen LogP contribution is -2.30. The summed E-state index contributed by atoms with van der Waals surface area (Å²) in [5, 5.41) is 10.6. The first-order valence-electron chi connectivity index (χ1n) is 38.7. The van der Waals surface area contributed by atoms with Gasteiger partial charge in [-0.3, -0.25) is 37.3 Å². The predicted octanol–water partition coefficient (Wildman–Crippen LogP) is 21.7. The highest BCUT2D eigenvalue weighted by molar-refractivity contribution is 7.47. The number of esters is 4. The Bertz CT molecular complexity index is 1950. The Labute approximate surface area is 580 Å². The van der Waals surface area contributed by atoms with Gasteiger partial charge in [-0.15, -0.1) is 0 Å². The average Bonchev–Trinajstić information content (AvgIpc) is 1.42. The summed E-state index contributed by atoms with van der Waals surface area (Å²) >= 11 is 0. The van der Waals surface area contributed by atoms with Crippen LogP contribution in [0.4, 0.5) is 0 Å². The Hall–Kier alpha value is -2.46. The molecule has 560 valence electrons. The van der Waals surface area contributed by atoms with Gasteiger partial charge in [0.25, 0.3) is 0 Å². The van der Waals surface area contributed by atoms with Gasteiger partial charge in [-0.25, -0.2) is 9.13 Å². The van der Waals surface area contributed by atoms with Crippen LogP contribution in [0.25, 0.3) is 0 Å². The number of ether oxygens (including phenoxy) is 4. The van der Waals surface area contributed by atoms with E-state index in [1.807, 2.05) is 0 Å². The highest BCUT2D eigenvalue weighted by atomic mass is 31.2. The number of aliphatic hydroxyl groups excluding tert-OH is 1. The molecule has 0 spiro atoms. The quantitative estimate of drug-likeness (QED) is 0.0169. The first-order chi connectivity index (χ1) is 45.7.